The maximum absolute atomic E-state index is 15.4. The molecule has 33 atom stereocenters. The molecule has 0 bridgehead atoms. The van der Waals surface area contributed by atoms with Crippen molar-refractivity contribution in [3.63, 3.8) is 0 Å². The fourth-order valence-electron chi connectivity index (χ4n) is 17.6. The first-order valence-corrected chi connectivity index (χ1v) is 29.8. The zero-order valence-electron chi connectivity index (χ0n) is 49.2. The number of carbonyl (C=O) groups is 2. The Balaban J connectivity index is 0.869. The van der Waals surface area contributed by atoms with Gasteiger partial charge in [0, 0.05) is 11.3 Å². The van der Waals surface area contributed by atoms with Crippen molar-refractivity contribution < 1.29 is 144 Å². The quantitative estimate of drug-likeness (QED) is 0.0439. The van der Waals surface area contributed by atoms with Gasteiger partial charge < -0.3 is 134 Å². The van der Waals surface area contributed by atoms with Gasteiger partial charge in [-0.1, -0.05) is 53.2 Å². The molecule has 492 valence electrons. The van der Waals surface area contributed by atoms with Crippen LogP contribution in [0.4, 0.5) is 0 Å². The smallest absolute Gasteiger partial charge is 0.335 e. The van der Waals surface area contributed by atoms with Crippen molar-refractivity contribution >= 4 is 11.9 Å². The molecule has 0 aromatic rings. The zero-order valence-corrected chi connectivity index (χ0v) is 49.2. The zero-order chi connectivity index (χ0) is 63.1. The van der Waals surface area contributed by atoms with Gasteiger partial charge in [-0.05, 0) is 85.4 Å². The second-order valence-corrected chi connectivity index (χ2v) is 28.1. The van der Waals surface area contributed by atoms with Crippen LogP contribution in [0.2, 0.25) is 0 Å². The molecule has 10 aliphatic rings. The number of aliphatic hydroxyl groups is 16. The van der Waals surface area contributed by atoms with Gasteiger partial charge in [0.05, 0.1) is 63.6 Å². The molecule has 5 aliphatic carbocycles. The van der Waals surface area contributed by atoms with Crippen molar-refractivity contribution in [2.75, 3.05) is 33.0 Å². The van der Waals surface area contributed by atoms with Crippen molar-refractivity contribution in [1.82, 2.24) is 0 Å². The van der Waals surface area contributed by atoms with Crippen LogP contribution in [0.3, 0.4) is 0 Å². The van der Waals surface area contributed by atoms with E-state index in [4.69, 9.17) is 47.4 Å². The first kappa shape index (κ1) is 66.6. The normalized spacial score (nSPS) is 55.3. The van der Waals surface area contributed by atoms with Crippen molar-refractivity contribution in [3.8, 4) is 0 Å². The van der Waals surface area contributed by atoms with Gasteiger partial charge in [0.25, 0.3) is 0 Å². The third-order valence-electron chi connectivity index (χ3n) is 22.5. The number of carboxylic acid groups (broad SMARTS) is 1. The Bertz CT molecular complexity index is 2490. The predicted octanol–water partition coefficient (Wildman–Crippen LogP) is -5.29. The Kier molecular flexibility index (Phi) is 18.3. The van der Waals surface area contributed by atoms with Crippen LogP contribution < -0.4 is 0 Å². The molecule has 4 saturated carbocycles. The van der Waals surface area contributed by atoms with Gasteiger partial charge in [0.1, 0.15) is 84.3 Å². The molecule has 86 heavy (non-hydrogen) atoms. The van der Waals surface area contributed by atoms with Crippen LogP contribution in [0.5, 0.6) is 0 Å². The van der Waals surface area contributed by atoms with E-state index in [1.807, 2.05) is 20.8 Å². The lowest BCUT2D eigenvalue weighted by Gasteiger charge is -2.73. The molecular weight excluding hydrogens is 1150 g/mol. The predicted molar refractivity (Wildman–Crippen MR) is 282 cm³/mol. The Labute approximate surface area is 495 Å². The summed E-state index contributed by atoms with van der Waals surface area (Å²) in [4.78, 5) is 27.4. The minimum Gasteiger partial charge on any atom is -0.479 e. The number of ether oxygens (including phenoxy) is 10. The maximum atomic E-state index is 15.4. The number of fused-ring (bicyclic) bond motifs is 7. The van der Waals surface area contributed by atoms with E-state index in [9.17, 15) is 91.6 Å². The van der Waals surface area contributed by atoms with Crippen molar-refractivity contribution in [1.29, 1.82) is 0 Å². The lowest BCUT2D eigenvalue weighted by molar-refractivity contribution is -0.360. The molecule has 10 rings (SSSR count). The lowest BCUT2D eigenvalue weighted by atomic mass is 9.32. The molecule has 29 heteroatoms. The first-order chi connectivity index (χ1) is 40.1. The highest BCUT2D eigenvalue weighted by molar-refractivity contribution is 5.80. The lowest BCUT2D eigenvalue weighted by Crippen LogP contribution is -2.73. The number of aliphatic carboxylic acids is 1. The number of rotatable bonds is 14. The molecule has 29 nitrogen and oxygen atoms in total. The number of carboxylic acids is 1. The molecule has 5 heterocycles. The van der Waals surface area contributed by atoms with E-state index < -0.39 is 242 Å². The highest BCUT2D eigenvalue weighted by Gasteiger charge is 2.75. The van der Waals surface area contributed by atoms with E-state index in [-0.39, 0.29) is 31.6 Å². The van der Waals surface area contributed by atoms with Crippen LogP contribution in [0.15, 0.2) is 11.6 Å². The van der Waals surface area contributed by atoms with Crippen LogP contribution in [0.25, 0.3) is 0 Å². The van der Waals surface area contributed by atoms with E-state index in [2.05, 4.69) is 19.9 Å². The average Bonchev–Trinajstić information content (AvgIpc) is 0.762. The van der Waals surface area contributed by atoms with E-state index in [0.717, 1.165) is 5.57 Å². The summed E-state index contributed by atoms with van der Waals surface area (Å²) in [6, 6.07) is 0. The SMILES string of the molecule is C[C@@H]1O[C@@H](O[C@H]2[C@H](OC(=O)[C@]34CCC(C)(C)C[C@H]3C3=CCC5[C@@]6(C)C[C@H](O)[C@H](O[C@@H]7O[C@H](C(=O)O)[C@@H](O)[C@H](O)[C@H]7O)[C@@](C)(CO)C6[C@H](O)C[C@@]5(C)[C@]3(C)C[C@H]4O)O[C@@H](CO)[C@@H]2O)[C@H](O)[C@H](O)[C@H]1O[C@@H]1OC[C@@H](O)[C@H](O[C@H]2OC[C@](O)(CO)[C@H]2O)[C@H]1O. The molecule has 5 saturated heterocycles. The third-order valence-corrected chi connectivity index (χ3v) is 22.5. The van der Waals surface area contributed by atoms with Gasteiger partial charge in [-0.2, -0.15) is 0 Å². The molecule has 0 radical (unpaired) electrons. The molecule has 2 unspecified atom stereocenters. The summed E-state index contributed by atoms with van der Waals surface area (Å²) in [7, 11) is 0. The highest BCUT2D eigenvalue weighted by atomic mass is 16.8. The van der Waals surface area contributed by atoms with E-state index in [1.54, 1.807) is 6.92 Å². The minimum absolute atomic E-state index is 0.0224. The molecule has 0 aromatic heterocycles. The number of aliphatic hydroxyl groups excluding tert-OH is 15. The second-order valence-electron chi connectivity index (χ2n) is 28.1. The largest absolute Gasteiger partial charge is 0.479 e. The summed E-state index contributed by atoms with van der Waals surface area (Å²) >= 11 is 0. The first-order valence-electron chi connectivity index (χ1n) is 29.8. The van der Waals surface area contributed by atoms with Crippen LogP contribution in [0, 0.1) is 50.2 Å². The standard InChI is InChI=1S/C57H90O29/c1-21-37(81-45-36(71)38(26(63)17-77-45)82-49-42(72)56(76,19-60)20-78-49)33(68)35(70)46(79-21)84-40-30(65)27(16-58)80-48(40)86-50(75)57-11-10-51(2,3)12-23(57)22-8-9-28-52(4)13-25(62)43(85-47-34(69)31(66)32(67)39(83-47)44(73)74)53(5,18-59)41(52)24(61)14-55(28,7)54(22,6)15-29(57)64/h8,21,23-43,45-49,58-72,76H,9-20H2,1-7H3,(H,73,74)/t21-,23-,24+,25-,26+,27-,28?,29+,30-,31-,32-,33-,34+,35+,36+,37-,38-,39-,40+,41?,42-,43-,45-,46-,47-,48-,49+,52+,53-,54+,55+,56+,57+/m0/s1. The number of esters is 1. The van der Waals surface area contributed by atoms with Gasteiger partial charge in [-0.25, -0.2) is 4.79 Å². The van der Waals surface area contributed by atoms with Gasteiger partial charge in [-0.3, -0.25) is 4.79 Å². The van der Waals surface area contributed by atoms with Crippen molar-refractivity contribution in [2.45, 2.75) is 246 Å². The van der Waals surface area contributed by atoms with Gasteiger partial charge in [0.15, 0.2) is 37.4 Å². The van der Waals surface area contributed by atoms with Crippen molar-refractivity contribution in [2.24, 2.45) is 50.2 Å². The summed E-state index contributed by atoms with van der Waals surface area (Å²) in [6.45, 7) is 9.72. The van der Waals surface area contributed by atoms with Crippen LogP contribution in [-0.2, 0) is 57.0 Å². The summed E-state index contributed by atoms with van der Waals surface area (Å²) in [5, 5.41) is 188. The molecule has 0 aromatic carbocycles. The van der Waals surface area contributed by atoms with Crippen LogP contribution in [0.1, 0.15) is 93.4 Å². The molecular formula is C57H90O29. The summed E-state index contributed by atoms with van der Waals surface area (Å²) < 4.78 is 58.2. The molecule has 0 spiro atoms. The Morgan fingerprint density at radius 1 is 0.628 bits per heavy atom. The maximum Gasteiger partial charge on any atom is 0.335 e. The Morgan fingerprint density at radius 2 is 1.28 bits per heavy atom. The average molecular weight is 1240 g/mol. The fraction of sp³-hybridized carbons (Fsp3) is 0.930. The molecule has 5 aliphatic heterocycles. The number of hydrogen-bond acceptors (Lipinski definition) is 28. The molecule has 17 N–H and O–H groups in total. The van der Waals surface area contributed by atoms with E-state index in [0.29, 0.717) is 19.3 Å². The summed E-state index contributed by atoms with van der Waals surface area (Å²) in [6.07, 6.45) is -36.8. The minimum atomic E-state index is -2.08. The summed E-state index contributed by atoms with van der Waals surface area (Å²) in [5.74, 6) is -4.44. The van der Waals surface area contributed by atoms with E-state index in [1.165, 1.54) is 6.92 Å². The molecule has 9 fully saturated rings. The second kappa shape index (κ2) is 23.7. The van der Waals surface area contributed by atoms with Crippen molar-refractivity contribution in [3.05, 3.63) is 11.6 Å². The van der Waals surface area contributed by atoms with Crippen LogP contribution in [-0.4, -0.2) is 285 Å². The van der Waals surface area contributed by atoms with Gasteiger partial charge in [-0.15, -0.1) is 0 Å². The topological polar surface area (TPSA) is 470 Å². The van der Waals surface area contributed by atoms with Gasteiger partial charge in [0.2, 0.25) is 6.29 Å². The monoisotopic (exact) mass is 1240 g/mol. The van der Waals surface area contributed by atoms with Gasteiger partial charge >= 0.3 is 11.9 Å². The van der Waals surface area contributed by atoms with Crippen LogP contribution >= 0.6 is 0 Å². The van der Waals surface area contributed by atoms with E-state index >= 15 is 4.79 Å². The Morgan fingerprint density at radius 3 is 1.92 bits per heavy atom. The Hall–Kier alpha value is -2.32. The highest BCUT2D eigenvalue weighted by Crippen LogP contribution is 2.76. The number of carbonyl (C=O) groups excluding carboxylic acids is 1. The third kappa shape index (κ3) is 10.4. The summed E-state index contributed by atoms with van der Waals surface area (Å²) in [5.41, 5.74) is -7.61. The number of hydrogen-bond donors (Lipinski definition) is 17. The fourth-order valence-corrected chi connectivity index (χ4v) is 17.6. The number of allylic oxidation sites excluding steroid dienone is 2. The molecule has 0 amide bonds.